The molecule has 0 saturated carbocycles. The third kappa shape index (κ3) is 6.86. The van der Waals surface area contributed by atoms with Crippen LogP contribution in [0.5, 0.6) is 0 Å². The Morgan fingerprint density at radius 3 is 2.70 bits per heavy atom. The van der Waals surface area contributed by atoms with E-state index in [0.717, 1.165) is 5.56 Å². The number of carbonyl (C=O) groups is 1. The van der Waals surface area contributed by atoms with Crippen LogP contribution in [0.4, 0.5) is 4.79 Å². The number of ether oxygens (including phenoxy) is 1. The van der Waals surface area contributed by atoms with Crippen LogP contribution in [0.3, 0.4) is 0 Å². The van der Waals surface area contributed by atoms with Crippen LogP contribution in [0.15, 0.2) is 27.6 Å². The standard InChI is InChI=1S/C14H21BrN2O5S/c1-10(2)16-8-5-9-21-14(18)22-17-23(19,20)12-7-4-6-11(3)13(12)15/h4,6-7,10,16-17H,5,8-9H2,1-3H3. The molecule has 0 fully saturated rings. The Labute approximate surface area is 144 Å². The van der Waals surface area contributed by atoms with E-state index in [4.69, 9.17) is 4.74 Å². The van der Waals surface area contributed by atoms with Crippen LogP contribution >= 0.6 is 15.9 Å². The van der Waals surface area contributed by atoms with E-state index in [2.05, 4.69) is 26.1 Å². The Morgan fingerprint density at radius 1 is 1.35 bits per heavy atom. The summed E-state index contributed by atoms with van der Waals surface area (Å²) in [5.41, 5.74) is 0.744. The normalized spacial score (nSPS) is 11.5. The molecule has 0 radical (unpaired) electrons. The van der Waals surface area contributed by atoms with Gasteiger partial charge in [-0.2, -0.15) is 0 Å². The molecule has 0 atom stereocenters. The molecule has 0 aliphatic carbocycles. The number of rotatable bonds is 8. The Kier molecular flexibility index (Phi) is 7.97. The van der Waals surface area contributed by atoms with Crippen LogP contribution in [-0.2, 0) is 19.6 Å². The van der Waals surface area contributed by atoms with Crippen molar-refractivity contribution in [2.75, 3.05) is 13.2 Å². The molecular weight excluding hydrogens is 388 g/mol. The van der Waals surface area contributed by atoms with E-state index < -0.39 is 16.2 Å². The summed E-state index contributed by atoms with van der Waals surface area (Å²) in [5, 5.41) is 3.16. The average Bonchev–Trinajstić information content (AvgIpc) is 2.47. The van der Waals surface area contributed by atoms with Crippen LogP contribution in [0.1, 0.15) is 25.8 Å². The number of hydrogen-bond donors (Lipinski definition) is 2. The summed E-state index contributed by atoms with van der Waals surface area (Å²) in [6, 6.07) is 5.09. The van der Waals surface area contributed by atoms with Crippen LogP contribution in [0.2, 0.25) is 0 Å². The molecule has 130 valence electrons. The van der Waals surface area contributed by atoms with Crippen molar-refractivity contribution in [3.8, 4) is 0 Å². The molecule has 0 spiro atoms. The highest BCUT2D eigenvalue weighted by Crippen LogP contribution is 2.24. The summed E-state index contributed by atoms with van der Waals surface area (Å²) in [7, 11) is -3.99. The molecule has 0 saturated heterocycles. The van der Waals surface area contributed by atoms with Gasteiger partial charge in [0, 0.05) is 10.5 Å². The lowest BCUT2D eigenvalue weighted by molar-refractivity contribution is 0.0387. The van der Waals surface area contributed by atoms with Crippen LogP contribution < -0.4 is 10.2 Å². The predicted octanol–water partition coefficient (Wildman–Crippen LogP) is 2.49. The van der Waals surface area contributed by atoms with Crippen molar-refractivity contribution >= 4 is 32.1 Å². The molecule has 0 aromatic heterocycles. The minimum atomic E-state index is -3.99. The first-order chi connectivity index (χ1) is 10.7. The minimum absolute atomic E-state index is 0.0218. The topological polar surface area (TPSA) is 93.7 Å². The molecule has 1 aromatic rings. The number of nitrogens with one attached hydrogen (secondary N) is 2. The van der Waals surface area contributed by atoms with Crippen LogP contribution in [0, 0.1) is 6.92 Å². The maximum Gasteiger partial charge on any atom is 0.528 e. The fourth-order valence-electron chi connectivity index (χ4n) is 1.61. The van der Waals surface area contributed by atoms with E-state index in [0.29, 0.717) is 23.5 Å². The van der Waals surface area contributed by atoms with Crippen LogP contribution in [0.25, 0.3) is 0 Å². The van der Waals surface area contributed by atoms with Gasteiger partial charge >= 0.3 is 6.16 Å². The number of hydrogen-bond acceptors (Lipinski definition) is 6. The lowest BCUT2D eigenvalue weighted by atomic mass is 10.2. The minimum Gasteiger partial charge on any atom is -0.433 e. The van der Waals surface area contributed by atoms with Gasteiger partial charge in [-0.25, -0.2) is 13.2 Å². The van der Waals surface area contributed by atoms with E-state index in [9.17, 15) is 13.2 Å². The molecule has 23 heavy (non-hydrogen) atoms. The van der Waals surface area contributed by atoms with Crippen LogP contribution in [-0.4, -0.2) is 33.8 Å². The molecule has 0 bridgehead atoms. The lowest BCUT2D eigenvalue weighted by Crippen LogP contribution is -2.29. The largest absolute Gasteiger partial charge is 0.528 e. The van der Waals surface area contributed by atoms with Crippen molar-refractivity contribution in [1.29, 1.82) is 0 Å². The number of sulfonamides is 1. The van der Waals surface area contributed by atoms with E-state index in [1.54, 1.807) is 23.9 Å². The molecule has 7 nitrogen and oxygen atoms in total. The first kappa shape index (κ1) is 19.9. The summed E-state index contributed by atoms with van der Waals surface area (Å²) < 4.78 is 29.3. The zero-order chi connectivity index (χ0) is 17.5. The highest BCUT2D eigenvalue weighted by molar-refractivity contribution is 9.10. The summed E-state index contributed by atoms with van der Waals surface area (Å²) >= 11 is 3.20. The second-order valence-electron chi connectivity index (χ2n) is 5.14. The van der Waals surface area contributed by atoms with Gasteiger partial charge in [-0.15, -0.1) is 0 Å². The van der Waals surface area contributed by atoms with Crippen molar-refractivity contribution in [3.05, 3.63) is 28.2 Å². The Morgan fingerprint density at radius 2 is 2.04 bits per heavy atom. The van der Waals surface area contributed by atoms with Gasteiger partial charge in [-0.1, -0.05) is 26.0 Å². The fourth-order valence-corrected chi connectivity index (χ4v) is 3.44. The second kappa shape index (κ2) is 9.21. The zero-order valence-electron chi connectivity index (χ0n) is 13.3. The van der Waals surface area contributed by atoms with Gasteiger partial charge in [0.25, 0.3) is 10.0 Å². The monoisotopic (exact) mass is 408 g/mol. The SMILES string of the molecule is Cc1cccc(S(=O)(=O)NOC(=O)OCCCNC(C)C)c1Br. The zero-order valence-corrected chi connectivity index (χ0v) is 15.7. The average molecular weight is 409 g/mol. The fraction of sp³-hybridized carbons (Fsp3) is 0.500. The molecule has 9 heteroatoms. The molecule has 0 unspecified atom stereocenters. The number of benzene rings is 1. The molecule has 0 heterocycles. The Balaban J connectivity index is 2.44. The molecule has 0 amide bonds. The second-order valence-corrected chi connectivity index (χ2v) is 7.54. The van der Waals surface area contributed by atoms with Crippen molar-refractivity contribution < 1.29 is 22.8 Å². The van der Waals surface area contributed by atoms with Gasteiger partial charge in [-0.05, 0) is 52.3 Å². The maximum absolute atomic E-state index is 12.1. The Bertz CT molecular complexity index is 634. The molecule has 0 aliphatic heterocycles. The predicted molar refractivity (Wildman–Crippen MR) is 89.4 cm³/mol. The Hall–Kier alpha value is -1.16. The number of aryl methyl sites for hydroxylation is 1. The summed E-state index contributed by atoms with van der Waals surface area (Å²) in [6.07, 6.45) is -0.495. The van der Waals surface area contributed by atoms with Gasteiger partial charge < -0.3 is 14.9 Å². The third-order valence-electron chi connectivity index (χ3n) is 2.77. The van der Waals surface area contributed by atoms with Crippen molar-refractivity contribution in [2.45, 2.75) is 38.1 Å². The van der Waals surface area contributed by atoms with Gasteiger partial charge in [0.1, 0.15) is 0 Å². The molecule has 1 aromatic carbocycles. The first-order valence-corrected chi connectivity index (χ1v) is 9.35. The molecule has 2 N–H and O–H groups in total. The highest BCUT2D eigenvalue weighted by atomic mass is 79.9. The highest BCUT2D eigenvalue weighted by Gasteiger charge is 2.21. The third-order valence-corrected chi connectivity index (χ3v) is 5.31. The van der Waals surface area contributed by atoms with Gasteiger partial charge in [0.2, 0.25) is 0 Å². The van der Waals surface area contributed by atoms with E-state index in [1.807, 2.05) is 13.8 Å². The van der Waals surface area contributed by atoms with E-state index >= 15 is 0 Å². The van der Waals surface area contributed by atoms with E-state index in [1.165, 1.54) is 6.07 Å². The first-order valence-electron chi connectivity index (χ1n) is 7.08. The maximum atomic E-state index is 12.1. The summed E-state index contributed by atoms with van der Waals surface area (Å²) in [6.45, 7) is 6.59. The van der Waals surface area contributed by atoms with Crippen molar-refractivity contribution in [2.24, 2.45) is 0 Å². The molecule has 1 rings (SSSR count). The summed E-state index contributed by atoms with van der Waals surface area (Å²) in [5.74, 6) is 0. The lowest BCUT2D eigenvalue weighted by Gasteiger charge is -2.10. The van der Waals surface area contributed by atoms with Gasteiger partial charge in [-0.3, -0.25) is 0 Å². The van der Waals surface area contributed by atoms with E-state index in [-0.39, 0.29) is 11.5 Å². The summed E-state index contributed by atoms with van der Waals surface area (Å²) in [4.78, 5) is 17.5. The quantitative estimate of drug-likeness (QED) is 0.389. The number of carbonyl (C=O) groups excluding carboxylic acids is 1. The molecular formula is C14H21BrN2O5S. The smallest absolute Gasteiger partial charge is 0.433 e. The molecule has 0 aliphatic rings. The van der Waals surface area contributed by atoms with Gasteiger partial charge in [0.05, 0.1) is 11.5 Å². The van der Waals surface area contributed by atoms with Crippen molar-refractivity contribution in [3.63, 3.8) is 0 Å². The van der Waals surface area contributed by atoms with Gasteiger partial charge in [0.15, 0.2) is 0 Å². The number of halogens is 1. The van der Waals surface area contributed by atoms with Crippen molar-refractivity contribution in [1.82, 2.24) is 10.2 Å².